The molecule has 0 radical (unpaired) electrons. The van der Waals surface area contributed by atoms with Gasteiger partial charge in [-0.05, 0) is 18.2 Å². The minimum absolute atomic E-state index is 0.179. The van der Waals surface area contributed by atoms with Gasteiger partial charge in [-0.25, -0.2) is 13.2 Å². The van der Waals surface area contributed by atoms with Gasteiger partial charge in [0.05, 0.1) is 24.1 Å². The monoisotopic (exact) mass is 315 g/mol. The van der Waals surface area contributed by atoms with Gasteiger partial charge < -0.3 is 15.8 Å². The van der Waals surface area contributed by atoms with E-state index in [0.29, 0.717) is 0 Å². The maximum absolute atomic E-state index is 12.4. The van der Waals surface area contributed by atoms with Gasteiger partial charge in [-0.3, -0.25) is 4.79 Å². The van der Waals surface area contributed by atoms with Gasteiger partial charge in [-0.1, -0.05) is 0 Å². The molecule has 0 aliphatic heterocycles. The molecule has 0 saturated heterocycles. The molecular weight excluding hydrogens is 298 g/mol. The molecule has 1 aromatic rings. The van der Waals surface area contributed by atoms with Gasteiger partial charge in [0.25, 0.3) is 0 Å². The van der Waals surface area contributed by atoms with Crippen molar-refractivity contribution in [3.05, 3.63) is 23.8 Å². The second-order valence-electron chi connectivity index (χ2n) is 4.18. The maximum Gasteiger partial charge on any atom is 0.339 e. The normalized spacial score (nSPS) is 11.2. The van der Waals surface area contributed by atoms with Crippen LogP contribution in [0.2, 0.25) is 0 Å². The Hall–Kier alpha value is -2.13. The molecule has 0 bridgehead atoms. The first-order valence-corrected chi connectivity index (χ1v) is 7.32. The molecule has 1 aromatic carbocycles. The molecule has 0 heterocycles. The number of nitrogen functional groups attached to an aromatic ring is 1. The molecule has 1 amide bonds. The van der Waals surface area contributed by atoms with E-state index in [1.165, 1.54) is 32.3 Å². The number of nitrogens with one attached hydrogen (secondary N) is 1. The van der Waals surface area contributed by atoms with E-state index in [1.54, 1.807) is 0 Å². The second kappa shape index (κ2) is 6.55. The van der Waals surface area contributed by atoms with Crippen LogP contribution in [0, 0.1) is 0 Å². The molecule has 0 unspecified atom stereocenters. The summed E-state index contributed by atoms with van der Waals surface area (Å²) < 4.78 is 30.3. The number of anilines is 1. The fraction of sp³-hybridized carbons (Fsp3) is 0.333. The zero-order valence-corrected chi connectivity index (χ0v) is 12.7. The number of carbonyl (C=O) groups excluding carboxylic acids is 2. The molecular formula is C12H17N3O5S. The largest absolute Gasteiger partial charge is 0.465 e. The Bertz CT molecular complexity index is 657. The van der Waals surface area contributed by atoms with Crippen molar-refractivity contribution < 1.29 is 22.7 Å². The van der Waals surface area contributed by atoms with Crippen molar-refractivity contribution in [2.75, 3.05) is 33.5 Å². The average Bonchev–Trinajstić information content (AvgIpc) is 2.45. The Morgan fingerprint density at radius 2 is 2.00 bits per heavy atom. The summed E-state index contributed by atoms with van der Waals surface area (Å²) in [6.07, 6.45) is 0. The summed E-state index contributed by atoms with van der Waals surface area (Å²) in [5.41, 5.74) is 5.61. The van der Waals surface area contributed by atoms with Crippen LogP contribution in [0.25, 0.3) is 0 Å². The van der Waals surface area contributed by atoms with Crippen LogP contribution in [0.3, 0.4) is 0 Å². The summed E-state index contributed by atoms with van der Waals surface area (Å²) in [5, 5.41) is 2.32. The van der Waals surface area contributed by atoms with Crippen LogP contribution in [0.15, 0.2) is 23.1 Å². The summed E-state index contributed by atoms with van der Waals surface area (Å²) in [7, 11) is -0.263. The molecule has 1 rings (SSSR count). The molecule has 21 heavy (non-hydrogen) atoms. The van der Waals surface area contributed by atoms with E-state index in [-0.39, 0.29) is 22.7 Å². The first kappa shape index (κ1) is 16.9. The Morgan fingerprint density at radius 3 is 2.52 bits per heavy atom. The highest BCUT2D eigenvalue weighted by Gasteiger charge is 2.28. The quantitative estimate of drug-likeness (QED) is 0.554. The fourth-order valence-electron chi connectivity index (χ4n) is 1.58. The summed E-state index contributed by atoms with van der Waals surface area (Å²) in [6.45, 7) is -0.371. The van der Waals surface area contributed by atoms with Gasteiger partial charge in [0.2, 0.25) is 15.9 Å². The molecule has 8 nitrogen and oxygen atoms in total. The molecule has 0 fully saturated rings. The van der Waals surface area contributed by atoms with Crippen molar-refractivity contribution in [2.24, 2.45) is 0 Å². The number of esters is 1. The van der Waals surface area contributed by atoms with Crippen molar-refractivity contribution in [1.82, 2.24) is 9.62 Å². The van der Waals surface area contributed by atoms with E-state index in [2.05, 4.69) is 10.1 Å². The van der Waals surface area contributed by atoms with E-state index < -0.39 is 21.9 Å². The van der Waals surface area contributed by atoms with E-state index in [1.807, 2.05) is 0 Å². The number of carbonyl (C=O) groups is 2. The third kappa shape index (κ3) is 3.70. The summed E-state index contributed by atoms with van der Waals surface area (Å²) in [4.78, 5) is 22.7. The minimum Gasteiger partial charge on any atom is -0.465 e. The highest BCUT2D eigenvalue weighted by molar-refractivity contribution is 7.89. The lowest BCUT2D eigenvalue weighted by atomic mass is 10.2. The van der Waals surface area contributed by atoms with E-state index in [4.69, 9.17) is 5.73 Å². The SMILES string of the molecule is CNC(=O)CN(C)S(=O)(=O)c1ccc(N)cc1C(=O)OC. The number of amides is 1. The number of likely N-dealkylation sites (N-methyl/N-ethyl adjacent to an activating group) is 2. The van der Waals surface area contributed by atoms with Crippen LogP contribution in [0.4, 0.5) is 5.69 Å². The lowest BCUT2D eigenvalue weighted by molar-refractivity contribution is -0.120. The Balaban J connectivity index is 3.31. The number of nitrogens with zero attached hydrogens (tertiary/aromatic N) is 1. The van der Waals surface area contributed by atoms with Crippen LogP contribution in [0.5, 0.6) is 0 Å². The standard InChI is InChI=1S/C12H17N3O5S/c1-14-11(16)7-15(2)21(18,19)10-5-4-8(13)6-9(10)12(17)20-3/h4-6H,7,13H2,1-3H3,(H,14,16). The molecule has 0 spiro atoms. The number of hydrogen-bond donors (Lipinski definition) is 2. The number of nitrogens with two attached hydrogens (primary N) is 1. The van der Waals surface area contributed by atoms with Crippen molar-refractivity contribution in [3.63, 3.8) is 0 Å². The highest BCUT2D eigenvalue weighted by Crippen LogP contribution is 2.22. The number of hydrogen-bond acceptors (Lipinski definition) is 6. The minimum atomic E-state index is -4.03. The van der Waals surface area contributed by atoms with Crippen LogP contribution in [-0.4, -0.2) is 52.3 Å². The summed E-state index contributed by atoms with van der Waals surface area (Å²) in [6, 6.07) is 3.77. The van der Waals surface area contributed by atoms with Crippen LogP contribution in [0.1, 0.15) is 10.4 Å². The van der Waals surface area contributed by atoms with E-state index in [9.17, 15) is 18.0 Å². The van der Waals surface area contributed by atoms with Crippen LogP contribution < -0.4 is 11.1 Å². The van der Waals surface area contributed by atoms with Crippen molar-refractivity contribution >= 4 is 27.6 Å². The first-order chi connectivity index (χ1) is 9.73. The molecule has 0 aromatic heterocycles. The highest BCUT2D eigenvalue weighted by atomic mass is 32.2. The number of rotatable bonds is 5. The molecule has 0 aliphatic rings. The number of sulfonamides is 1. The molecule has 0 atom stereocenters. The number of ether oxygens (including phenoxy) is 1. The molecule has 0 saturated carbocycles. The zero-order valence-electron chi connectivity index (χ0n) is 11.9. The maximum atomic E-state index is 12.4. The Morgan fingerprint density at radius 1 is 1.38 bits per heavy atom. The predicted octanol–water partition coefficient (Wildman–Crippen LogP) is -0.578. The molecule has 9 heteroatoms. The predicted molar refractivity (Wildman–Crippen MR) is 76.1 cm³/mol. The van der Waals surface area contributed by atoms with Gasteiger partial charge in [0, 0.05) is 19.8 Å². The van der Waals surface area contributed by atoms with Crippen LogP contribution in [-0.2, 0) is 19.6 Å². The Labute approximate surface area is 122 Å². The van der Waals surface area contributed by atoms with E-state index >= 15 is 0 Å². The van der Waals surface area contributed by atoms with Crippen molar-refractivity contribution in [3.8, 4) is 0 Å². The third-order valence-corrected chi connectivity index (χ3v) is 4.60. The van der Waals surface area contributed by atoms with Crippen molar-refractivity contribution in [1.29, 1.82) is 0 Å². The Kier molecular flexibility index (Phi) is 5.28. The third-order valence-electron chi connectivity index (χ3n) is 2.74. The van der Waals surface area contributed by atoms with Gasteiger partial charge in [-0.2, -0.15) is 4.31 Å². The average molecular weight is 315 g/mol. The van der Waals surface area contributed by atoms with Gasteiger partial charge >= 0.3 is 5.97 Å². The molecule has 116 valence electrons. The first-order valence-electron chi connectivity index (χ1n) is 5.88. The number of benzene rings is 1. The summed E-state index contributed by atoms with van der Waals surface area (Å²) >= 11 is 0. The zero-order chi connectivity index (χ0) is 16.2. The topological polar surface area (TPSA) is 119 Å². The molecule has 0 aliphatic carbocycles. The fourth-order valence-corrected chi connectivity index (χ4v) is 2.86. The van der Waals surface area contributed by atoms with Gasteiger partial charge in [-0.15, -0.1) is 0 Å². The lowest BCUT2D eigenvalue weighted by Crippen LogP contribution is -2.37. The second-order valence-corrected chi connectivity index (χ2v) is 6.19. The smallest absolute Gasteiger partial charge is 0.339 e. The summed E-state index contributed by atoms with van der Waals surface area (Å²) in [5.74, 6) is -1.30. The van der Waals surface area contributed by atoms with Gasteiger partial charge in [0.15, 0.2) is 0 Å². The molecule has 3 N–H and O–H groups in total. The van der Waals surface area contributed by atoms with Crippen molar-refractivity contribution in [2.45, 2.75) is 4.90 Å². The van der Waals surface area contributed by atoms with Gasteiger partial charge in [0.1, 0.15) is 0 Å². The lowest BCUT2D eigenvalue weighted by Gasteiger charge is -2.18. The number of methoxy groups -OCH3 is 1. The van der Waals surface area contributed by atoms with Crippen LogP contribution >= 0.6 is 0 Å². The van der Waals surface area contributed by atoms with E-state index in [0.717, 1.165) is 11.4 Å².